The van der Waals surface area contributed by atoms with Crippen molar-refractivity contribution < 1.29 is 24.3 Å². The van der Waals surface area contributed by atoms with Gasteiger partial charge in [0.2, 0.25) is 5.88 Å². The van der Waals surface area contributed by atoms with Gasteiger partial charge in [0.15, 0.2) is 6.10 Å². The van der Waals surface area contributed by atoms with E-state index in [9.17, 15) is 14.8 Å². The second-order valence-corrected chi connectivity index (χ2v) is 6.63. The van der Waals surface area contributed by atoms with E-state index in [1.807, 2.05) is 6.07 Å². The van der Waals surface area contributed by atoms with Crippen molar-refractivity contribution in [3.63, 3.8) is 0 Å². The Balaban J connectivity index is 1.93. The van der Waals surface area contributed by atoms with E-state index in [2.05, 4.69) is 17.8 Å². The van der Waals surface area contributed by atoms with Crippen LogP contribution in [-0.4, -0.2) is 35.1 Å². The van der Waals surface area contributed by atoms with Crippen LogP contribution in [0.25, 0.3) is 5.57 Å². The van der Waals surface area contributed by atoms with Gasteiger partial charge in [0.25, 0.3) is 5.91 Å². The van der Waals surface area contributed by atoms with Gasteiger partial charge in [-0.25, -0.2) is 15.6 Å². The van der Waals surface area contributed by atoms with Crippen molar-refractivity contribution in [2.45, 2.75) is 58.5 Å². The fourth-order valence-electron chi connectivity index (χ4n) is 2.78. The van der Waals surface area contributed by atoms with Crippen molar-refractivity contribution in [1.82, 2.24) is 16.1 Å². The summed E-state index contributed by atoms with van der Waals surface area (Å²) in [5, 5.41) is 9.98. The molecule has 1 heterocycles. The lowest BCUT2D eigenvalue weighted by Gasteiger charge is -2.28. The highest BCUT2D eigenvalue weighted by Crippen LogP contribution is 2.22. The van der Waals surface area contributed by atoms with Gasteiger partial charge in [0, 0.05) is 0 Å². The quantitative estimate of drug-likeness (QED) is 0.394. The van der Waals surface area contributed by atoms with E-state index in [1.54, 1.807) is 24.3 Å². The number of nitrogens with one attached hydrogen (secondary N) is 2. The minimum absolute atomic E-state index is 0.0264. The number of esters is 1. The molecule has 0 bridgehead atoms. The number of ether oxygens (including phenoxy) is 2. The van der Waals surface area contributed by atoms with E-state index in [-0.39, 0.29) is 11.5 Å². The first-order chi connectivity index (χ1) is 13.5. The highest BCUT2D eigenvalue weighted by molar-refractivity contribution is 6.20. The molecule has 8 heteroatoms. The molecular formula is C20H29N3O5. The zero-order chi connectivity index (χ0) is 20.4. The molecule has 1 aliphatic rings. The highest BCUT2D eigenvalue weighted by atomic mass is 16.6. The number of unbranched alkanes of at least 4 members (excludes halogenated alkanes) is 5. The molecule has 2 rings (SSSR count). The Kier molecular flexibility index (Phi) is 8.77. The van der Waals surface area contributed by atoms with E-state index in [1.165, 1.54) is 26.2 Å². The van der Waals surface area contributed by atoms with E-state index >= 15 is 0 Å². The zero-order valence-electron chi connectivity index (χ0n) is 16.4. The summed E-state index contributed by atoms with van der Waals surface area (Å²) in [6.07, 6.45) is 5.65. The van der Waals surface area contributed by atoms with Gasteiger partial charge in [-0.2, -0.15) is 0 Å². The molecule has 28 heavy (non-hydrogen) atoms. The normalized spacial score (nSPS) is 15.6. The van der Waals surface area contributed by atoms with Crippen LogP contribution in [0.15, 0.2) is 36.2 Å². The second-order valence-electron chi connectivity index (χ2n) is 6.63. The fraction of sp³-hybridized carbons (Fsp3) is 0.500. The van der Waals surface area contributed by atoms with Crippen molar-refractivity contribution in [2.24, 2.45) is 0 Å². The molecule has 0 fully saturated rings. The molecule has 0 aliphatic carbocycles. The third-order valence-corrected chi connectivity index (χ3v) is 4.30. The molecule has 1 atom stereocenters. The number of hydrogen-bond acceptors (Lipinski definition) is 7. The van der Waals surface area contributed by atoms with E-state index < -0.39 is 18.0 Å². The molecule has 1 amide bonds. The molecule has 0 aromatic heterocycles. The molecule has 154 valence electrons. The SMILES string of the molecule is CCCCCCCCOC(=O)C(C)OC1=C(c2ccccc2)C(=O)NN(O)N1. The maximum absolute atomic E-state index is 12.3. The van der Waals surface area contributed by atoms with Crippen LogP contribution in [0, 0.1) is 0 Å². The predicted molar refractivity (Wildman–Crippen MR) is 103 cm³/mol. The summed E-state index contributed by atoms with van der Waals surface area (Å²) in [6.45, 7) is 4.04. The summed E-state index contributed by atoms with van der Waals surface area (Å²) in [6, 6.07) is 8.83. The number of rotatable bonds is 11. The molecule has 1 aromatic carbocycles. The Bertz CT molecular complexity index is 678. The molecule has 1 aliphatic heterocycles. The maximum atomic E-state index is 12.3. The molecule has 3 N–H and O–H groups in total. The van der Waals surface area contributed by atoms with Crippen molar-refractivity contribution in [1.29, 1.82) is 0 Å². The molecular weight excluding hydrogens is 362 g/mol. The lowest BCUT2D eigenvalue weighted by atomic mass is 10.1. The minimum Gasteiger partial charge on any atom is -0.463 e. The molecule has 0 saturated carbocycles. The first kappa shape index (κ1) is 21.7. The molecule has 0 spiro atoms. The molecule has 1 aromatic rings. The average molecular weight is 391 g/mol. The summed E-state index contributed by atoms with van der Waals surface area (Å²) in [5.41, 5.74) is 5.46. The van der Waals surface area contributed by atoms with Crippen LogP contribution in [0.1, 0.15) is 57.9 Å². The summed E-state index contributed by atoms with van der Waals surface area (Å²) in [7, 11) is 0. The van der Waals surface area contributed by atoms with Gasteiger partial charge in [-0.15, -0.1) is 0 Å². The second kappa shape index (κ2) is 11.3. The van der Waals surface area contributed by atoms with Crippen LogP contribution < -0.4 is 10.9 Å². The van der Waals surface area contributed by atoms with Crippen LogP contribution in [0.4, 0.5) is 0 Å². The summed E-state index contributed by atoms with van der Waals surface area (Å²) in [4.78, 5) is 24.5. The maximum Gasteiger partial charge on any atom is 0.347 e. The monoisotopic (exact) mass is 391 g/mol. The van der Waals surface area contributed by atoms with Gasteiger partial charge in [-0.3, -0.25) is 10.0 Å². The fourth-order valence-corrected chi connectivity index (χ4v) is 2.78. The zero-order valence-corrected chi connectivity index (χ0v) is 16.4. The van der Waals surface area contributed by atoms with Crippen LogP contribution in [-0.2, 0) is 19.1 Å². The van der Waals surface area contributed by atoms with Gasteiger partial charge in [-0.1, -0.05) is 69.4 Å². The van der Waals surface area contributed by atoms with E-state index in [4.69, 9.17) is 9.47 Å². The predicted octanol–water partition coefficient (Wildman–Crippen LogP) is 2.90. The van der Waals surface area contributed by atoms with Gasteiger partial charge in [0.05, 0.1) is 6.61 Å². The van der Waals surface area contributed by atoms with Crippen molar-refractivity contribution in [3.8, 4) is 0 Å². The summed E-state index contributed by atoms with van der Waals surface area (Å²) >= 11 is 0. The summed E-state index contributed by atoms with van der Waals surface area (Å²) in [5.74, 6) is -1.11. The Morgan fingerprint density at radius 1 is 1.11 bits per heavy atom. The summed E-state index contributed by atoms with van der Waals surface area (Å²) < 4.78 is 10.9. The molecule has 0 saturated heterocycles. The molecule has 8 nitrogen and oxygen atoms in total. The highest BCUT2D eigenvalue weighted by Gasteiger charge is 2.29. The Hall–Kier alpha value is -2.58. The van der Waals surface area contributed by atoms with Gasteiger partial charge in [0.1, 0.15) is 5.57 Å². The largest absolute Gasteiger partial charge is 0.463 e. The van der Waals surface area contributed by atoms with Crippen molar-refractivity contribution in [2.75, 3.05) is 6.61 Å². The first-order valence-electron chi connectivity index (χ1n) is 9.72. The standard InChI is InChI=1S/C20H29N3O5/c1-3-4-5-6-7-11-14-27-20(25)15(2)28-19-17(16-12-9-8-10-13-16)18(24)21-23(26)22-19/h8-10,12-13,15,22,26H,3-7,11,14H2,1-2H3,(H,21,24). The smallest absolute Gasteiger partial charge is 0.347 e. The Morgan fingerprint density at radius 2 is 1.79 bits per heavy atom. The number of nitrogens with zero attached hydrogens (tertiary/aromatic N) is 1. The Labute approximate surface area is 165 Å². The topological polar surface area (TPSA) is 100 Å². The number of benzene rings is 1. The van der Waals surface area contributed by atoms with Crippen molar-refractivity contribution >= 4 is 17.4 Å². The van der Waals surface area contributed by atoms with Crippen LogP contribution >= 0.6 is 0 Å². The van der Waals surface area contributed by atoms with Crippen LogP contribution in [0.5, 0.6) is 0 Å². The van der Waals surface area contributed by atoms with E-state index in [0.717, 1.165) is 19.3 Å². The number of amides is 1. The lowest BCUT2D eigenvalue weighted by Crippen LogP contribution is -2.53. The number of carbonyl (C=O) groups is 2. The minimum atomic E-state index is -0.944. The number of hydrazine groups is 2. The van der Waals surface area contributed by atoms with Crippen LogP contribution in [0.3, 0.4) is 0 Å². The molecule has 1 unspecified atom stereocenters. The van der Waals surface area contributed by atoms with Gasteiger partial charge in [-0.05, 0) is 24.2 Å². The lowest BCUT2D eigenvalue weighted by molar-refractivity contribution is -0.193. The number of carbonyl (C=O) groups excluding carboxylic acids is 2. The van der Waals surface area contributed by atoms with Gasteiger partial charge < -0.3 is 9.47 Å². The first-order valence-corrected chi connectivity index (χ1v) is 9.72. The average Bonchev–Trinajstić information content (AvgIpc) is 2.67. The third-order valence-electron chi connectivity index (χ3n) is 4.30. The van der Waals surface area contributed by atoms with Crippen molar-refractivity contribution in [3.05, 3.63) is 41.8 Å². The van der Waals surface area contributed by atoms with Crippen LogP contribution in [0.2, 0.25) is 0 Å². The third kappa shape index (κ3) is 6.54. The number of hydrogen-bond donors (Lipinski definition) is 3. The Morgan fingerprint density at radius 3 is 2.50 bits per heavy atom. The molecule has 0 radical (unpaired) electrons. The van der Waals surface area contributed by atoms with Gasteiger partial charge >= 0.3 is 5.97 Å². The van der Waals surface area contributed by atoms with E-state index in [0.29, 0.717) is 17.5 Å².